The molecule has 0 bridgehead atoms. The number of hydrogen-bond acceptors (Lipinski definition) is 3. The minimum atomic E-state index is 0.250. The van der Waals surface area contributed by atoms with Crippen molar-refractivity contribution in [1.82, 2.24) is 0 Å². The first-order chi connectivity index (χ1) is 12.2. The fourth-order valence-electron chi connectivity index (χ4n) is 2.16. The van der Waals surface area contributed by atoms with Gasteiger partial charge in [-0.25, -0.2) is 0 Å². The van der Waals surface area contributed by atoms with Gasteiger partial charge >= 0.3 is 0 Å². The number of benzene rings is 3. The van der Waals surface area contributed by atoms with Crippen LogP contribution in [0.2, 0.25) is 0 Å². The molecular weight excluding hydrogens is 314 g/mol. The maximum atomic E-state index is 8.58. The molecule has 0 spiro atoms. The van der Waals surface area contributed by atoms with Gasteiger partial charge in [-0.3, -0.25) is 4.79 Å². The van der Waals surface area contributed by atoms with Crippen molar-refractivity contribution in [3.8, 4) is 22.6 Å². The molecular formula is C21H23NO3. The van der Waals surface area contributed by atoms with E-state index in [9.17, 15) is 0 Å². The molecule has 0 atom stereocenters. The largest absolute Gasteiger partial charge is 0.457 e. The summed E-state index contributed by atoms with van der Waals surface area (Å²) >= 11 is 0. The lowest BCUT2D eigenvalue weighted by Gasteiger charge is -2.07. The van der Waals surface area contributed by atoms with E-state index in [1.807, 2.05) is 42.5 Å². The number of primary amides is 1. The summed E-state index contributed by atoms with van der Waals surface area (Å²) < 4.78 is 5.79. The van der Waals surface area contributed by atoms with Crippen LogP contribution in [0, 0.1) is 6.92 Å². The molecule has 0 fully saturated rings. The van der Waals surface area contributed by atoms with Gasteiger partial charge in [-0.05, 0) is 42.3 Å². The van der Waals surface area contributed by atoms with E-state index in [4.69, 9.17) is 14.6 Å². The van der Waals surface area contributed by atoms with Gasteiger partial charge in [-0.1, -0.05) is 60.2 Å². The SMILES string of the molecule is CO.Cc1cccc(-c2ccc(Oc3ccccc3)cc2)c1.NC=O. The maximum absolute atomic E-state index is 8.58. The fraction of sp³-hybridized carbons (Fsp3) is 0.0952. The molecule has 0 aliphatic heterocycles. The lowest BCUT2D eigenvalue weighted by Crippen LogP contribution is -1.84. The van der Waals surface area contributed by atoms with Crippen molar-refractivity contribution >= 4 is 6.41 Å². The molecule has 0 saturated carbocycles. The first kappa shape index (κ1) is 19.9. The average molecular weight is 337 g/mol. The van der Waals surface area contributed by atoms with E-state index >= 15 is 0 Å². The molecule has 0 saturated heterocycles. The number of nitrogens with two attached hydrogens (primary N) is 1. The third-order valence-electron chi connectivity index (χ3n) is 3.18. The minimum Gasteiger partial charge on any atom is -0.457 e. The Balaban J connectivity index is 0.000000567. The number of aliphatic hydroxyl groups excluding tert-OH is 1. The summed E-state index contributed by atoms with van der Waals surface area (Å²) in [6.07, 6.45) is 0.250. The number of carbonyl (C=O) groups excluding carboxylic acids is 1. The predicted molar refractivity (Wildman–Crippen MR) is 102 cm³/mol. The summed E-state index contributed by atoms with van der Waals surface area (Å²) in [5.74, 6) is 1.71. The first-order valence-electron chi connectivity index (χ1n) is 7.73. The Morgan fingerprint density at radius 1 is 0.800 bits per heavy atom. The van der Waals surface area contributed by atoms with Crippen LogP contribution in [0.15, 0.2) is 78.9 Å². The van der Waals surface area contributed by atoms with Gasteiger partial charge in [-0.15, -0.1) is 0 Å². The quantitative estimate of drug-likeness (QED) is 0.705. The lowest BCUT2D eigenvalue weighted by atomic mass is 10.0. The van der Waals surface area contributed by atoms with Crippen molar-refractivity contribution in [2.24, 2.45) is 5.73 Å². The van der Waals surface area contributed by atoms with Crippen molar-refractivity contribution in [3.05, 3.63) is 84.4 Å². The zero-order valence-corrected chi connectivity index (χ0v) is 14.4. The number of carbonyl (C=O) groups is 1. The first-order valence-corrected chi connectivity index (χ1v) is 7.73. The Morgan fingerprint density at radius 3 is 1.92 bits per heavy atom. The predicted octanol–water partition coefficient (Wildman–Crippen LogP) is 4.16. The smallest absolute Gasteiger partial charge is 0.204 e. The number of ether oxygens (including phenoxy) is 1. The molecule has 130 valence electrons. The van der Waals surface area contributed by atoms with Crippen LogP contribution >= 0.6 is 0 Å². The molecule has 1 amide bonds. The fourth-order valence-corrected chi connectivity index (χ4v) is 2.16. The molecule has 3 aromatic rings. The van der Waals surface area contributed by atoms with Crippen LogP contribution in [-0.2, 0) is 4.79 Å². The minimum absolute atomic E-state index is 0.250. The van der Waals surface area contributed by atoms with Crippen LogP contribution < -0.4 is 10.5 Å². The summed E-state index contributed by atoms with van der Waals surface area (Å²) in [5.41, 5.74) is 7.87. The van der Waals surface area contributed by atoms with Crippen LogP contribution in [-0.4, -0.2) is 18.6 Å². The summed E-state index contributed by atoms with van der Waals surface area (Å²) in [7, 11) is 1.00. The second-order valence-electron chi connectivity index (χ2n) is 4.95. The number of hydrogen-bond donors (Lipinski definition) is 2. The number of aliphatic hydroxyl groups is 1. The van der Waals surface area contributed by atoms with Crippen LogP contribution in [0.25, 0.3) is 11.1 Å². The van der Waals surface area contributed by atoms with Crippen molar-refractivity contribution in [2.45, 2.75) is 6.92 Å². The van der Waals surface area contributed by atoms with E-state index in [-0.39, 0.29) is 6.41 Å². The van der Waals surface area contributed by atoms with Gasteiger partial charge < -0.3 is 15.6 Å². The van der Waals surface area contributed by atoms with E-state index in [0.29, 0.717) is 0 Å². The molecule has 0 heterocycles. The maximum Gasteiger partial charge on any atom is 0.204 e. The second-order valence-corrected chi connectivity index (χ2v) is 4.95. The van der Waals surface area contributed by atoms with Gasteiger partial charge in [-0.2, -0.15) is 0 Å². The number of para-hydroxylation sites is 1. The highest BCUT2D eigenvalue weighted by Crippen LogP contribution is 2.26. The molecule has 3 rings (SSSR count). The lowest BCUT2D eigenvalue weighted by molar-refractivity contribution is -0.106. The topological polar surface area (TPSA) is 72.6 Å². The van der Waals surface area contributed by atoms with Crippen LogP contribution in [0.1, 0.15) is 5.56 Å². The van der Waals surface area contributed by atoms with Gasteiger partial charge in [0.15, 0.2) is 0 Å². The van der Waals surface area contributed by atoms with Crippen LogP contribution in [0.4, 0.5) is 0 Å². The standard InChI is InChI=1S/C19H16O.CH3NO.CH4O/c1-15-6-5-7-17(14-15)16-10-12-19(13-11-16)20-18-8-3-2-4-9-18;2-1-3;1-2/h2-14H,1H3;1H,(H2,2,3);2H,1H3. The molecule has 4 heteroatoms. The van der Waals surface area contributed by atoms with Crippen molar-refractivity contribution in [1.29, 1.82) is 0 Å². The van der Waals surface area contributed by atoms with Crippen molar-refractivity contribution in [3.63, 3.8) is 0 Å². The van der Waals surface area contributed by atoms with Gasteiger partial charge in [0.05, 0.1) is 0 Å². The van der Waals surface area contributed by atoms with Gasteiger partial charge in [0, 0.05) is 7.11 Å². The second kappa shape index (κ2) is 11.4. The third kappa shape index (κ3) is 6.89. The molecule has 0 aliphatic carbocycles. The van der Waals surface area contributed by atoms with Gasteiger partial charge in [0.1, 0.15) is 11.5 Å². The summed E-state index contributed by atoms with van der Waals surface area (Å²) in [6.45, 7) is 2.11. The van der Waals surface area contributed by atoms with E-state index in [0.717, 1.165) is 18.6 Å². The number of amides is 1. The Kier molecular flexibility index (Phi) is 9.11. The average Bonchev–Trinajstić information content (AvgIpc) is 2.66. The molecule has 3 aromatic carbocycles. The molecule has 0 radical (unpaired) electrons. The third-order valence-corrected chi connectivity index (χ3v) is 3.18. The number of aryl methyl sites for hydroxylation is 1. The van der Waals surface area contributed by atoms with Crippen molar-refractivity contribution in [2.75, 3.05) is 7.11 Å². The Bertz CT molecular complexity index is 741. The van der Waals surface area contributed by atoms with Crippen molar-refractivity contribution < 1.29 is 14.6 Å². The summed E-state index contributed by atoms with van der Waals surface area (Å²) in [6, 6.07) is 26.5. The summed E-state index contributed by atoms with van der Waals surface area (Å²) in [4.78, 5) is 8.58. The Hall–Kier alpha value is -3.11. The van der Waals surface area contributed by atoms with E-state index < -0.39 is 0 Å². The molecule has 4 nitrogen and oxygen atoms in total. The molecule has 0 aromatic heterocycles. The van der Waals surface area contributed by atoms with E-state index in [1.54, 1.807) is 0 Å². The highest BCUT2D eigenvalue weighted by atomic mass is 16.5. The highest BCUT2D eigenvalue weighted by molar-refractivity contribution is 5.64. The molecule has 3 N–H and O–H groups in total. The molecule has 0 unspecified atom stereocenters. The monoisotopic (exact) mass is 337 g/mol. The Labute approximate surface area is 148 Å². The molecule has 25 heavy (non-hydrogen) atoms. The highest BCUT2D eigenvalue weighted by Gasteiger charge is 2.00. The van der Waals surface area contributed by atoms with E-state index in [2.05, 4.69) is 49.1 Å². The van der Waals surface area contributed by atoms with Crippen LogP contribution in [0.5, 0.6) is 11.5 Å². The van der Waals surface area contributed by atoms with Gasteiger partial charge in [0.25, 0.3) is 0 Å². The van der Waals surface area contributed by atoms with Crippen LogP contribution in [0.3, 0.4) is 0 Å². The summed E-state index contributed by atoms with van der Waals surface area (Å²) in [5, 5.41) is 7.00. The molecule has 0 aliphatic rings. The van der Waals surface area contributed by atoms with Gasteiger partial charge in [0.2, 0.25) is 6.41 Å². The zero-order valence-electron chi connectivity index (χ0n) is 14.4. The normalized spacial score (nSPS) is 8.92. The van der Waals surface area contributed by atoms with E-state index in [1.165, 1.54) is 16.7 Å². The Morgan fingerprint density at radius 2 is 1.36 bits per heavy atom. The zero-order chi connectivity index (χ0) is 18.5. The number of rotatable bonds is 3.